The van der Waals surface area contributed by atoms with E-state index in [2.05, 4.69) is 24.2 Å². The Morgan fingerprint density at radius 3 is 2.60 bits per heavy atom. The summed E-state index contributed by atoms with van der Waals surface area (Å²) in [4.78, 5) is 0. The molecule has 1 atom stereocenters. The number of fused-ring (bicyclic) bond motifs is 1. The number of nitrogens with zero attached hydrogens (tertiary/aromatic N) is 1. The van der Waals surface area contributed by atoms with Crippen LogP contribution in [0, 0.1) is 0 Å². The zero-order valence-electron chi connectivity index (χ0n) is 11.2. The van der Waals surface area contributed by atoms with Gasteiger partial charge in [0, 0.05) is 17.0 Å². The second-order valence-corrected chi connectivity index (χ2v) is 4.63. The zero-order valence-corrected chi connectivity index (χ0v) is 12.1. The average Bonchev–Trinajstić information content (AvgIpc) is 2.90. The number of benzene rings is 2. The minimum Gasteiger partial charge on any atom is -0.356 e. The van der Waals surface area contributed by atoms with Gasteiger partial charge in [0.15, 0.2) is 5.58 Å². The molecule has 0 radical (unpaired) electrons. The van der Waals surface area contributed by atoms with Crippen molar-refractivity contribution < 1.29 is 4.52 Å². The zero-order chi connectivity index (χ0) is 13.2. The highest BCUT2D eigenvalue weighted by Gasteiger charge is 2.15. The maximum absolute atomic E-state index is 6.19. The van der Waals surface area contributed by atoms with E-state index in [9.17, 15) is 0 Å². The number of aromatic nitrogens is 1. The fraction of sp³-hybridized carbons (Fsp3) is 0.188. The van der Waals surface area contributed by atoms with Gasteiger partial charge >= 0.3 is 0 Å². The summed E-state index contributed by atoms with van der Waals surface area (Å²) in [5.74, 6) is 0. The molecule has 0 aliphatic carbocycles. The molecule has 0 amide bonds. The molecule has 0 aliphatic rings. The van der Waals surface area contributed by atoms with E-state index in [0.717, 1.165) is 34.2 Å². The lowest BCUT2D eigenvalue weighted by atomic mass is 9.96. The van der Waals surface area contributed by atoms with Gasteiger partial charge in [0.1, 0.15) is 5.69 Å². The fourth-order valence-corrected chi connectivity index (χ4v) is 2.34. The number of hydrogen-bond donors (Lipinski definition) is 1. The van der Waals surface area contributed by atoms with Crippen LogP contribution in [0.3, 0.4) is 0 Å². The van der Waals surface area contributed by atoms with Gasteiger partial charge in [-0.05, 0) is 24.1 Å². The average molecular weight is 289 g/mol. The monoisotopic (exact) mass is 288 g/mol. The highest BCUT2D eigenvalue weighted by Crippen LogP contribution is 2.32. The van der Waals surface area contributed by atoms with Crippen LogP contribution >= 0.6 is 12.4 Å². The molecular formula is C16H17ClN2O. The third-order valence-corrected chi connectivity index (χ3v) is 3.43. The molecule has 4 heteroatoms. The summed E-state index contributed by atoms with van der Waals surface area (Å²) in [6, 6.07) is 16.0. The molecule has 2 aromatic carbocycles. The van der Waals surface area contributed by atoms with Gasteiger partial charge in [0.2, 0.25) is 0 Å². The van der Waals surface area contributed by atoms with Crippen molar-refractivity contribution >= 4 is 23.4 Å². The Morgan fingerprint density at radius 2 is 1.80 bits per heavy atom. The highest BCUT2D eigenvalue weighted by molar-refractivity contribution is 5.92. The van der Waals surface area contributed by atoms with Gasteiger partial charge < -0.3 is 10.3 Å². The lowest BCUT2D eigenvalue weighted by Crippen LogP contribution is -2.09. The molecule has 0 saturated heterocycles. The molecule has 1 unspecified atom stereocenters. The maximum Gasteiger partial charge on any atom is 0.167 e. The first-order valence-corrected chi connectivity index (χ1v) is 6.50. The number of hydrogen-bond acceptors (Lipinski definition) is 3. The topological polar surface area (TPSA) is 52.0 Å². The van der Waals surface area contributed by atoms with Crippen LogP contribution < -0.4 is 5.73 Å². The highest BCUT2D eigenvalue weighted by atomic mass is 35.5. The quantitative estimate of drug-likeness (QED) is 0.780. The second-order valence-electron chi connectivity index (χ2n) is 4.63. The van der Waals surface area contributed by atoms with Crippen LogP contribution in [0.4, 0.5) is 0 Å². The van der Waals surface area contributed by atoms with E-state index in [1.807, 2.05) is 36.4 Å². The van der Waals surface area contributed by atoms with Gasteiger partial charge in [-0.25, -0.2) is 0 Å². The summed E-state index contributed by atoms with van der Waals surface area (Å²) in [5.41, 5.74) is 10.0. The van der Waals surface area contributed by atoms with Gasteiger partial charge in [-0.3, -0.25) is 0 Å². The van der Waals surface area contributed by atoms with E-state index in [0.29, 0.717) is 0 Å². The van der Waals surface area contributed by atoms with Gasteiger partial charge in [-0.2, -0.15) is 0 Å². The molecule has 0 spiro atoms. The van der Waals surface area contributed by atoms with Crippen LogP contribution in [0.25, 0.3) is 22.2 Å². The number of nitrogens with two attached hydrogens (primary N) is 1. The fourth-order valence-electron chi connectivity index (χ4n) is 2.34. The molecular weight excluding hydrogens is 272 g/mol. The van der Waals surface area contributed by atoms with Gasteiger partial charge in [0.25, 0.3) is 0 Å². The van der Waals surface area contributed by atoms with Crippen molar-refractivity contribution in [3.05, 3.63) is 54.1 Å². The van der Waals surface area contributed by atoms with Crippen LogP contribution in [0.1, 0.15) is 24.9 Å². The summed E-state index contributed by atoms with van der Waals surface area (Å²) < 4.78 is 5.38. The Balaban J connectivity index is 0.00000147. The van der Waals surface area contributed by atoms with Crippen LogP contribution in [0.5, 0.6) is 0 Å². The van der Waals surface area contributed by atoms with Crippen molar-refractivity contribution in [1.82, 2.24) is 5.16 Å². The van der Waals surface area contributed by atoms with Gasteiger partial charge in [-0.15, -0.1) is 12.4 Å². The summed E-state index contributed by atoms with van der Waals surface area (Å²) in [7, 11) is 0. The molecule has 3 nitrogen and oxygen atoms in total. The van der Waals surface area contributed by atoms with Crippen molar-refractivity contribution in [2.45, 2.75) is 19.4 Å². The first-order valence-electron chi connectivity index (χ1n) is 6.50. The van der Waals surface area contributed by atoms with Crippen LogP contribution in [-0.4, -0.2) is 5.16 Å². The Morgan fingerprint density at radius 1 is 1.10 bits per heavy atom. The predicted octanol–water partition coefficient (Wildman–Crippen LogP) is 4.33. The molecule has 0 saturated carbocycles. The Hall–Kier alpha value is -1.84. The van der Waals surface area contributed by atoms with Crippen molar-refractivity contribution in [2.75, 3.05) is 0 Å². The molecule has 0 aliphatic heterocycles. The summed E-state index contributed by atoms with van der Waals surface area (Å²) in [6.07, 6.45) is 0.896. The van der Waals surface area contributed by atoms with E-state index in [1.54, 1.807) is 0 Å². The van der Waals surface area contributed by atoms with E-state index in [1.165, 1.54) is 0 Å². The molecule has 104 valence electrons. The molecule has 1 heterocycles. The van der Waals surface area contributed by atoms with Crippen LogP contribution in [0.2, 0.25) is 0 Å². The Bertz CT molecular complexity index is 708. The van der Waals surface area contributed by atoms with E-state index in [-0.39, 0.29) is 18.4 Å². The normalized spacial score (nSPS) is 12.1. The molecule has 20 heavy (non-hydrogen) atoms. The standard InChI is InChI=1S/C16H16N2O.ClH/c1-2-14(17)11-7-3-4-8-12(11)16-13-9-5-6-10-15(13)19-18-16;/h3-10,14H,2,17H2,1H3;1H. The molecule has 1 aromatic heterocycles. The number of halogens is 1. The predicted molar refractivity (Wildman–Crippen MR) is 83.9 cm³/mol. The van der Waals surface area contributed by atoms with Crippen molar-refractivity contribution in [3.63, 3.8) is 0 Å². The molecule has 3 rings (SSSR count). The second kappa shape index (κ2) is 6.07. The van der Waals surface area contributed by atoms with E-state index < -0.39 is 0 Å². The minimum atomic E-state index is 0. The van der Waals surface area contributed by atoms with Crippen molar-refractivity contribution in [1.29, 1.82) is 0 Å². The summed E-state index contributed by atoms with van der Waals surface area (Å²) in [5, 5.41) is 5.24. The summed E-state index contributed by atoms with van der Waals surface area (Å²) in [6.45, 7) is 2.09. The van der Waals surface area contributed by atoms with Crippen molar-refractivity contribution in [3.8, 4) is 11.3 Å². The third-order valence-electron chi connectivity index (χ3n) is 3.43. The molecule has 0 bridgehead atoms. The lowest BCUT2D eigenvalue weighted by molar-refractivity contribution is 0.459. The largest absolute Gasteiger partial charge is 0.356 e. The van der Waals surface area contributed by atoms with E-state index >= 15 is 0 Å². The smallest absolute Gasteiger partial charge is 0.167 e. The number of para-hydroxylation sites is 1. The Labute approximate surface area is 124 Å². The third kappa shape index (κ3) is 2.42. The molecule has 3 aromatic rings. The molecule has 0 fully saturated rings. The summed E-state index contributed by atoms with van der Waals surface area (Å²) >= 11 is 0. The first kappa shape index (κ1) is 14.6. The maximum atomic E-state index is 6.19. The first-order chi connectivity index (χ1) is 9.31. The molecule has 2 N–H and O–H groups in total. The van der Waals surface area contributed by atoms with Gasteiger partial charge in [-0.1, -0.05) is 48.5 Å². The van der Waals surface area contributed by atoms with Crippen LogP contribution in [0.15, 0.2) is 53.1 Å². The minimum absolute atomic E-state index is 0. The lowest BCUT2D eigenvalue weighted by Gasteiger charge is -2.13. The van der Waals surface area contributed by atoms with Gasteiger partial charge in [0.05, 0.1) is 0 Å². The number of rotatable bonds is 3. The SMILES string of the molecule is CCC(N)c1ccccc1-c1noc2ccccc12.Cl. The van der Waals surface area contributed by atoms with E-state index in [4.69, 9.17) is 10.3 Å². The Kier molecular flexibility index (Phi) is 4.42. The van der Waals surface area contributed by atoms with Crippen molar-refractivity contribution in [2.24, 2.45) is 5.73 Å². The van der Waals surface area contributed by atoms with Crippen LogP contribution in [-0.2, 0) is 0 Å².